The molecule has 33 heavy (non-hydrogen) atoms. The maximum absolute atomic E-state index is 13.5. The van der Waals surface area contributed by atoms with Crippen molar-refractivity contribution < 1.29 is 27.9 Å². The molecule has 1 aromatic heterocycles. The number of nitrogens with two attached hydrogens (primary N) is 1. The first-order valence-corrected chi connectivity index (χ1v) is 11.9. The number of amidine groups is 1. The second-order valence-electron chi connectivity index (χ2n) is 8.11. The van der Waals surface area contributed by atoms with Crippen molar-refractivity contribution in [1.29, 1.82) is 0 Å². The van der Waals surface area contributed by atoms with E-state index >= 15 is 0 Å². The summed E-state index contributed by atoms with van der Waals surface area (Å²) in [6.45, 7) is 0.490. The van der Waals surface area contributed by atoms with Gasteiger partial charge in [-0.05, 0) is 78.6 Å². The summed E-state index contributed by atoms with van der Waals surface area (Å²) in [4.78, 5) is 1.77. The largest absolute Gasteiger partial charge is 0.771 e. The molecule has 0 radical (unpaired) electrons. The Balaban J connectivity index is 1.89. The number of hydrogen-bond acceptors (Lipinski definition) is 7. The van der Waals surface area contributed by atoms with Crippen molar-refractivity contribution in [3.8, 4) is 11.3 Å². The van der Waals surface area contributed by atoms with Crippen LogP contribution in [0.25, 0.3) is 22.3 Å². The Hall–Kier alpha value is -2.95. The fraction of sp³-hybridized carbons (Fsp3) is 0.348. The molecule has 4 N–H and O–H groups in total. The number of benzene rings is 2. The van der Waals surface area contributed by atoms with Crippen LogP contribution in [0.5, 0.6) is 0 Å². The molecule has 176 valence electrons. The molecule has 0 saturated heterocycles. The van der Waals surface area contributed by atoms with Crippen LogP contribution in [0.4, 0.5) is 10.1 Å². The summed E-state index contributed by atoms with van der Waals surface area (Å²) in [5.41, 5.74) is 9.12. The maximum Gasteiger partial charge on any atom is 0.174 e. The van der Waals surface area contributed by atoms with Crippen LogP contribution in [0.15, 0.2) is 46.0 Å². The van der Waals surface area contributed by atoms with Crippen molar-refractivity contribution in [1.82, 2.24) is 0 Å². The van der Waals surface area contributed by atoms with Gasteiger partial charge in [0.15, 0.2) is 5.84 Å². The number of fused-ring (bicyclic) bond motifs is 1. The molecular weight excluding hydrogens is 449 g/mol. The Morgan fingerprint density at radius 3 is 2.61 bits per heavy atom. The molecule has 10 heteroatoms. The number of furan rings is 1. The number of nitrogens with zero attached hydrogens (tertiary/aromatic N) is 2. The molecule has 3 aromatic rings. The zero-order valence-electron chi connectivity index (χ0n) is 17.9. The number of halogens is 1. The predicted molar refractivity (Wildman–Crippen MR) is 124 cm³/mol. The molecule has 1 atom stereocenters. The van der Waals surface area contributed by atoms with Gasteiger partial charge in [0.1, 0.15) is 17.2 Å². The molecule has 1 aliphatic rings. The second-order valence-corrected chi connectivity index (χ2v) is 8.97. The second kappa shape index (κ2) is 9.90. The van der Waals surface area contributed by atoms with E-state index in [4.69, 9.17) is 15.3 Å². The van der Waals surface area contributed by atoms with Gasteiger partial charge in [-0.15, -0.1) is 0 Å². The van der Waals surface area contributed by atoms with E-state index < -0.39 is 16.9 Å². The summed E-state index contributed by atoms with van der Waals surface area (Å²) in [6.07, 6.45) is 3.15. The quantitative estimate of drug-likeness (QED) is 0.102. The molecule has 1 saturated carbocycles. The van der Waals surface area contributed by atoms with E-state index in [1.54, 1.807) is 23.1 Å². The van der Waals surface area contributed by atoms with Gasteiger partial charge in [0.05, 0.1) is 11.4 Å². The van der Waals surface area contributed by atoms with Crippen molar-refractivity contribution in [2.75, 3.05) is 23.9 Å². The summed E-state index contributed by atoms with van der Waals surface area (Å²) in [7, 11) is 0. The summed E-state index contributed by atoms with van der Waals surface area (Å²) in [5.74, 6) is -0.117. The van der Waals surface area contributed by atoms with Crippen molar-refractivity contribution in [3.63, 3.8) is 0 Å². The lowest BCUT2D eigenvalue weighted by atomic mass is 10.00. The highest BCUT2D eigenvalue weighted by atomic mass is 32.2. The van der Waals surface area contributed by atoms with E-state index in [0.717, 1.165) is 24.1 Å². The highest BCUT2D eigenvalue weighted by molar-refractivity contribution is 7.79. The number of anilines is 1. The number of rotatable bonds is 10. The monoisotopic (exact) mass is 474 g/mol. The van der Waals surface area contributed by atoms with Gasteiger partial charge < -0.3 is 29.9 Å². The lowest BCUT2D eigenvalue weighted by Gasteiger charge is -2.28. The molecule has 1 aliphatic carbocycles. The number of unbranched alkanes of at least 4 members (excludes halogenated alkanes) is 1. The van der Waals surface area contributed by atoms with Crippen LogP contribution in [0.1, 0.15) is 42.7 Å². The van der Waals surface area contributed by atoms with Crippen LogP contribution in [0.2, 0.25) is 0 Å². The fourth-order valence-corrected chi connectivity index (χ4v) is 4.57. The summed E-state index contributed by atoms with van der Waals surface area (Å²) in [6, 6.07) is 9.39. The van der Waals surface area contributed by atoms with Crippen LogP contribution < -0.4 is 10.6 Å². The van der Waals surface area contributed by atoms with E-state index in [0.29, 0.717) is 47.2 Å². The van der Waals surface area contributed by atoms with Gasteiger partial charge in [-0.25, -0.2) is 4.39 Å². The number of hydrogen-bond donors (Lipinski definition) is 3. The first-order chi connectivity index (χ1) is 15.9. The van der Waals surface area contributed by atoms with Crippen LogP contribution >= 0.6 is 0 Å². The van der Waals surface area contributed by atoms with Gasteiger partial charge in [-0.1, -0.05) is 5.16 Å². The Bertz CT molecular complexity index is 1190. The zero-order chi connectivity index (χ0) is 23.5. The van der Waals surface area contributed by atoms with Crippen LogP contribution in [-0.2, 0) is 11.1 Å². The van der Waals surface area contributed by atoms with Crippen LogP contribution in [0.3, 0.4) is 0 Å². The smallest absolute Gasteiger partial charge is 0.174 e. The summed E-state index contributed by atoms with van der Waals surface area (Å²) < 4.78 is 42.7. The van der Waals surface area contributed by atoms with Crippen LogP contribution in [-0.4, -0.2) is 43.9 Å². The molecule has 4 rings (SSSR count). The standard InChI is InChI=1S/C23H26FN3O5S/c24-16-7-5-15(6-8-16)22-21(23(25)26-29)18-11-17(14-3-4-14)19(12-20(18)32-22)27(13-33(30)31)9-1-2-10-28/h5-8,11-12,14,28-29H,1-4,9-10,13H2,(H2,25,26)(H,30,31)/p-1. The lowest BCUT2D eigenvalue weighted by Crippen LogP contribution is -2.29. The average Bonchev–Trinajstić information content (AvgIpc) is 3.58. The van der Waals surface area contributed by atoms with E-state index in [-0.39, 0.29) is 24.2 Å². The van der Waals surface area contributed by atoms with Gasteiger partial charge in [0.25, 0.3) is 0 Å². The molecule has 1 unspecified atom stereocenters. The SMILES string of the molecule is NC(=NO)c1c(-c2ccc(F)cc2)oc2cc(N(CCCCO)CS(=O)[O-])c(C3CC3)cc12. The highest BCUT2D eigenvalue weighted by Crippen LogP contribution is 2.47. The molecule has 8 nitrogen and oxygen atoms in total. The minimum Gasteiger partial charge on any atom is -0.771 e. The molecule has 0 amide bonds. The molecule has 0 aliphatic heterocycles. The topological polar surface area (TPSA) is 135 Å². The number of aliphatic hydroxyl groups excluding tert-OH is 1. The molecule has 0 bridgehead atoms. The third kappa shape index (κ3) is 5.02. The summed E-state index contributed by atoms with van der Waals surface area (Å²) >= 11 is -2.30. The van der Waals surface area contributed by atoms with Crippen molar-refractivity contribution in [2.45, 2.75) is 31.6 Å². The van der Waals surface area contributed by atoms with Gasteiger partial charge >= 0.3 is 0 Å². The number of oxime groups is 1. The Kier molecular flexibility index (Phi) is 6.96. The van der Waals surface area contributed by atoms with Crippen molar-refractivity contribution in [3.05, 3.63) is 53.3 Å². The van der Waals surface area contributed by atoms with Crippen molar-refractivity contribution in [2.24, 2.45) is 10.9 Å². The third-order valence-corrected chi connectivity index (χ3v) is 6.29. The van der Waals surface area contributed by atoms with Crippen molar-refractivity contribution >= 4 is 33.6 Å². The van der Waals surface area contributed by atoms with E-state index in [9.17, 15) is 18.4 Å². The fourth-order valence-electron chi connectivity index (χ4n) is 4.05. The maximum atomic E-state index is 13.5. The molecule has 1 fully saturated rings. The molecule has 1 heterocycles. The third-order valence-electron chi connectivity index (χ3n) is 5.76. The van der Waals surface area contributed by atoms with E-state index in [2.05, 4.69) is 5.16 Å². The normalized spacial score (nSPS) is 15.2. The van der Waals surface area contributed by atoms with Crippen LogP contribution in [0, 0.1) is 5.82 Å². The average molecular weight is 475 g/mol. The zero-order valence-corrected chi connectivity index (χ0v) is 18.7. The highest BCUT2D eigenvalue weighted by Gasteiger charge is 2.30. The number of aliphatic hydroxyl groups is 1. The lowest BCUT2D eigenvalue weighted by molar-refractivity contribution is 0.285. The molecule has 0 spiro atoms. The molecule has 2 aromatic carbocycles. The summed E-state index contributed by atoms with van der Waals surface area (Å²) in [5, 5.41) is 22.3. The predicted octanol–water partition coefficient (Wildman–Crippen LogP) is 3.63. The van der Waals surface area contributed by atoms with E-state index in [1.165, 1.54) is 12.1 Å². The first kappa shape index (κ1) is 23.2. The van der Waals surface area contributed by atoms with Gasteiger partial charge in [-0.3, -0.25) is 4.21 Å². The molecular formula is C23H25FN3O5S-. The van der Waals surface area contributed by atoms with E-state index in [1.807, 2.05) is 6.07 Å². The Labute approximate surface area is 192 Å². The Morgan fingerprint density at radius 1 is 1.27 bits per heavy atom. The minimum atomic E-state index is -2.30. The Morgan fingerprint density at radius 2 is 2.00 bits per heavy atom. The van der Waals surface area contributed by atoms with Gasteiger partial charge in [-0.2, -0.15) is 0 Å². The van der Waals surface area contributed by atoms with Gasteiger partial charge in [0, 0.05) is 35.9 Å². The minimum absolute atomic E-state index is 0.0329. The van der Waals surface area contributed by atoms with Gasteiger partial charge in [0.2, 0.25) is 0 Å². The first-order valence-electron chi connectivity index (χ1n) is 10.7.